The second-order valence-corrected chi connectivity index (χ2v) is 4.24. The third kappa shape index (κ3) is 11.1. The van der Waals surface area contributed by atoms with Gasteiger partial charge in [0.15, 0.2) is 0 Å². The van der Waals surface area contributed by atoms with Crippen LogP contribution in [0.15, 0.2) is 37.5 Å². The third-order valence-electron chi connectivity index (χ3n) is 2.52. The predicted octanol–water partition coefficient (Wildman–Crippen LogP) is 3.41. The molecule has 0 aliphatic rings. The van der Waals surface area contributed by atoms with Gasteiger partial charge in [-0.2, -0.15) is 0 Å². The molecule has 0 fully saturated rings. The van der Waals surface area contributed by atoms with Crippen molar-refractivity contribution < 1.29 is 4.79 Å². The van der Waals surface area contributed by atoms with Gasteiger partial charge < -0.3 is 5.32 Å². The summed E-state index contributed by atoms with van der Waals surface area (Å²) in [6, 6.07) is 0. The molecule has 0 aromatic rings. The van der Waals surface area contributed by atoms with Crippen LogP contribution in [0.4, 0.5) is 0 Å². The van der Waals surface area contributed by atoms with Crippen molar-refractivity contribution in [3.8, 4) is 0 Å². The number of carbonyl (C=O) groups is 1. The maximum atomic E-state index is 11.3. The number of rotatable bonds is 12. The van der Waals surface area contributed by atoms with E-state index in [9.17, 15) is 4.79 Å². The summed E-state index contributed by atoms with van der Waals surface area (Å²) in [6.45, 7) is 12.6. The van der Waals surface area contributed by atoms with Crippen molar-refractivity contribution in [2.75, 3.05) is 13.1 Å². The number of unbranched alkanes of at least 4 members (excludes halogenated alkanes) is 1. The smallest absolute Gasteiger partial charge is 0.146 e. The maximum Gasteiger partial charge on any atom is 0.146 e. The highest BCUT2D eigenvalue weighted by molar-refractivity contribution is 5.80. The number of hydrogen-bond acceptors (Lipinski definition) is 2. The van der Waals surface area contributed by atoms with Gasteiger partial charge in [0.1, 0.15) is 5.78 Å². The van der Waals surface area contributed by atoms with E-state index in [1.165, 1.54) is 5.57 Å². The zero-order chi connectivity index (χ0) is 12.9. The van der Waals surface area contributed by atoms with Gasteiger partial charge in [-0.05, 0) is 38.6 Å². The topological polar surface area (TPSA) is 29.1 Å². The minimum atomic E-state index is 0.265. The number of Topliss-reactive ketones (excluding diaryl/α,β-unsaturated/α-hetero) is 1. The maximum absolute atomic E-state index is 11.3. The Morgan fingerprint density at radius 3 is 2.53 bits per heavy atom. The van der Waals surface area contributed by atoms with Crippen molar-refractivity contribution in [1.29, 1.82) is 0 Å². The summed E-state index contributed by atoms with van der Waals surface area (Å²) < 4.78 is 0. The number of hydrogen-bond donors (Lipinski definition) is 1. The molecule has 0 radical (unpaired) electrons. The van der Waals surface area contributed by atoms with Crippen LogP contribution in [0, 0.1) is 0 Å². The Hall–Kier alpha value is -1.15. The Morgan fingerprint density at radius 1 is 1.12 bits per heavy atom. The van der Waals surface area contributed by atoms with Gasteiger partial charge in [-0.15, -0.1) is 13.2 Å². The van der Waals surface area contributed by atoms with E-state index in [0.29, 0.717) is 13.0 Å². The molecule has 0 bridgehead atoms. The summed E-state index contributed by atoms with van der Waals surface area (Å²) in [7, 11) is 0. The summed E-state index contributed by atoms with van der Waals surface area (Å²) in [6.07, 6.45) is 9.23. The van der Waals surface area contributed by atoms with Crippen molar-refractivity contribution in [3.63, 3.8) is 0 Å². The van der Waals surface area contributed by atoms with Gasteiger partial charge in [0.25, 0.3) is 0 Å². The molecule has 1 N–H and O–H groups in total. The highest BCUT2D eigenvalue weighted by atomic mass is 16.1. The average molecular weight is 235 g/mol. The van der Waals surface area contributed by atoms with E-state index in [1.807, 2.05) is 6.08 Å². The molecule has 0 amide bonds. The molecule has 0 aliphatic heterocycles. The number of allylic oxidation sites excluding steroid dienone is 3. The molecule has 0 aromatic carbocycles. The third-order valence-corrected chi connectivity index (χ3v) is 2.52. The molecule has 96 valence electrons. The van der Waals surface area contributed by atoms with E-state index in [-0.39, 0.29) is 5.78 Å². The van der Waals surface area contributed by atoms with Crippen LogP contribution in [0.3, 0.4) is 0 Å². The second kappa shape index (κ2) is 11.3. The first-order chi connectivity index (χ1) is 8.20. The summed E-state index contributed by atoms with van der Waals surface area (Å²) >= 11 is 0. The first kappa shape index (κ1) is 15.9. The van der Waals surface area contributed by atoms with Crippen molar-refractivity contribution >= 4 is 5.78 Å². The standard InChI is InChI=1S/C15H25NO/c1-4-6-11-15(17)13-16-12-8-7-10-14(3)9-5-2/h4-5,16H,1-3,6-13H2. The molecule has 0 unspecified atom stereocenters. The average Bonchev–Trinajstić information content (AvgIpc) is 2.31. The molecule has 0 saturated carbocycles. The van der Waals surface area contributed by atoms with Gasteiger partial charge in [0.2, 0.25) is 0 Å². The van der Waals surface area contributed by atoms with Crippen LogP contribution < -0.4 is 5.32 Å². The Labute approximate surface area is 105 Å². The minimum Gasteiger partial charge on any atom is -0.310 e. The SMILES string of the molecule is C=CCCC(=O)CNCCCCC(=C)CC=C. The molecular formula is C15H25NO. The molecule has 17 heavy (non-hydrogen) atoms. The zero-order valence-corrected chi connectivity index (χ0v) is 10.8. The number of nitrogens with one attached hydrogen (secondary N) is 1. The Kier molecular flexibility index (Phi) is 10.6. The summed E-state index contributed by atoms with van der Waals surface area (Å²) in [5.74, 6) is 0.265. The minimum absolute atomic E-state index is 0.265. The zero-order valence-electron chi connectivity index (χ0n) is 10.8. The van der Waals surface area contributed by atoms with Crippen LogP contribution in [-0.2, 0) is 4.79 Å². The van der Waals surface area contributed by atoms with E-state index < -0.39 is 0 Å². The Balaban J connectivity index is 3.28. The summed E-state index contributed by atoms with van der Waals surface area (Å²) in [5, 5.41) is 3.17. The lowest BCUT2D eigenvalue weighted by Gasteiger charge is -2.04. The van der Waals surface area contributed by atoms with Crippen molar-refractivity contribution in [1.82, 2.24) is 5.32 Å². The van der Waals surface area contributed by atoms with Gasteiger partial charge in [0.05, 0.1) is 6.54 Å². The van der Waals surface area contributed by atoms with Crippen LogP contribution in [0.5, 0.6) is 0 Å². The van der Waals surface area contributed by atoms with Crippen LogP contribution in [0.1, 0.15) is 38.5 Å². The van der Waals surface area contributed by atoms with Crippen molar-refractivity contribution in [2.24, 2.45) is 0 Å². The van der Waals surface area contributed by atoms with E-state index in [4.69, 9.17) is 0 Å². The largest absolute Gasteiger partial charge is 0.310 e. The van der Waals surface area contributed by atoms with E-state index >= 15 is 0 Å². The lowest BCUT2D eigenvalue weighted by molar-refractivity contribution is -0.118. The molecular weight excluding hydrogens is 210 g/mol. The highest BCUT2D eigenvalue weighted by Crippen LogP contribution is 2.08. The fourth-order valence-corrected chi connectivity index (χ4v) is 1.51. The molecule has 0 aromatic heterocycles. The fourth-order valence-electron chi connectivity index (χ4n) is 1.51. The normalized spacial score (nSPS) is 9.88. The monoisotopic (exact) mass is 235 g/mol. The molecule has 0 saturated heterocycles. The molecule has 0 atom stereocenters. The first-order valence-electron chi connectivity index (χ1n) is 6.31. The molecule has 2 heteroatoms. The van der Waals surface area contributed by atoms with Gasteiger partial charge in [-0.3, -0.25) is 4.79 Å². The molecule has 0 rings (SSSR count). The number of ketones is 1. The van der Waals surface area contributed by atoms with E-state index in [2.05, 4.69) is 25.1 Å². The van der Waals surface area contributed by atoms with Crippen LogP contribution in [0.25, 0.3) is 0 Å². The van der Waals surface area contributed by atoms with Crippen LogP contribution in [-0.4, -0.2) is 18.9 Å². The lowest BCUT2D eigenvalue weighted by atomic mass is 10.1. The summed E-state index contributed by atoms with van der Waals surface area (Å²) in [4.78, 5) is 11.3. The molecule has 0 heterocycles. The van der Waals surface area contributed by atoms with Gasteiger partial charge in [-0.25, -0.2) is 0 Å². The van der Waals surface area contributed by atoms with E-state index in [1.54, 1.807) is 6.08 Å². The van der Waals surface area contributed by atoms with Crippen molar-refractivity contribution in [2.45, 2.75) is 38.5 Å². The van der Waals surface area contributed by atoms with Gasteiger partial charge >= 0.3 is 0 Å². The molecule has 0 aliphatic carbocycles. The Bertz CT molecular complexity index is 256. The Morgan fingerprint density at radius 2 is 1.88 bits per heavy atom. The quantitative estimate of drug-likeness (QED) is 0.415. The van der Waals surface area contributed by atoms with Crippen molar-refractivity contribution in [3.05, 3.63) is 37.5 Å². The molecule has 0 spiro atoms. The van der Waals surface area contributed by atoms with Gasteiger partial charge in [0, 0.05) is 6.42 Å². The highest BCUT2D eigenvalue weighted by Gasteiger charge is 1.99. The number of carbonyl (C=O) groups excluding carboxylic acids is 1. The predicted molar refractivity (Wildman–Crippen MR) is 75.1 cm³/mol. The molecule has 2 nitrogen and oxygen atoms in total. The first-order valence-corrected chi connectivity index (χ1v) is 6.31. The van der Waals surface area contributed by atoms with Crippen LogP contribution in [0.2, 0.25) is 0 Å². The van der Waals surface area contributed by atoms with Crippen LogP contribution >= 0.6 is 0 Å². The van der Waals surface area contributed by atoms with E-state index in [0.717, 1.165) is 38.6 Å². The van der Waals surface area contributed by atoms with Gasteiger partial charge in [-0.1, -0.05) is 24.3 Å². The fraction of sp³-hybridized carbons (Fsp3) is 0.533. The summed E-state index contributed by atoms with van der Waals surface area (Å²) in [5.41, 5.74) is 1.24. The lowest BCUT2D eigenvalue weighted by Crippen LogP contribution is -2.23. The second-order valence-electron chi connectivity index (χ2n) is 4.24.